The molecule has 2 aliphatic heterocycles. The molecule has 1 spiro atoms. The second-order valence-electron chi connectivity index (χ2n) is 8.10. The average molecular weight is 385 g/mol. The molecule has 0 radical (unpaired) electrons. The Morgan fingerprint density at radius 3 is 2.61 bits per heavy atom. The molecule has 2 aliphatic rings. The van der Waals surface area contributed by atoms with Crippen molar-refractivity contribution in [2.24, 2.45) is 0 Å². The zero-order valence-corrected chi connectivity index (χ0v) is 16.1. The van der Waals surface area contributed by atoms with Gasteiger partial charge in [-0.25, -0.2) is 4.39 Å². The number of piperidine rings is 1. The van der Waals surface area contributed by atoms with Crippen molar-refractivity contribution in [1.82, 2.24) is 4.90 Å². The van der Waals surface area contributed by atoms with Gasteiger partial charge in [0.2, 0.25) is 0 Å². The van der Waals surface area contributed by atoms with E-state index in [1.54, 1.807) is 6.07 Å². The van der Waals surface area contributed by atoms with E-state index >= 15 is 0 Å². The van der Waals surface area contributed by atoms with Crippen molar-refractivity contribution in [1.29, 1.82) is 0 Å². The summed E-state index contributed by atoms with van der Waals surface area (Å²) in [5.74, 6) is 0.838. The monoisotopic (exact) mass is 385 g/mol. The third kappa shape index (κ3) is 4.07. The van der Waals surface area contributed by atoms with Gasteiger partial charge in [0, 0.05) is 23.9 Å². The number of likely N-dealkylation sites (tertiary alicyclic amines) is 1. The largest absolute Gasteiger partial charge is 0.492 e. The zero-order chi connectivity index (χ0) is 19.6. The highest BCUT2D eigenvalue weighted by Crippen LogP contribution is 2.45. The fourth-order valence-electron chi connectivity index (χ4n) is 4.47. The molecular weight excluding hydrogens is 357 g/mol. The molecule has 150 valence electrons. The molecule has 0 saturated carbocycles. The highest BCUT2D eigenvalue weighted by atomic mass is 19.1. The maximum atomic E-state index is 13.8. The molecule has 0 aliphatic carbocycles. The number of halogens is 1. The lowest BCUT2D eigenvalue weighted by atomic mass is 9.74. The van der Waals surface area contributed by atoms with Crippen LogP contribution in [0.2, 0.25) is 0 Å². The van der Waals surface area contributed by atoms with Crippen LogP contribution in [-0.4, -0.2) is 47.6 Å². The summed E-state index contributed by atoms with van der Waals surface area (Å²) < 4.78 is 19.9. The third-order valence-electron chi connectivity index (χ3n) is 6.28. The summed E-state index contributed by atoms with van der Waals surface area (Å²) in [6.07, 6.45) is 2.69. The molecule has 2 N–H and O–H groups in total. The van der Waals surface area contributed by atoms with E-state index in [9.17, 15) is 4.39 Å². The van der Waals surface area contributed by atoms with Gasteiger partial charge in [-0.2, -0.15) is 0 Å². The standard InChI is InChI=1S/C23H28FNO3/c24-20-4-2-1-3-18(20)7-5-17-6-8-19-21(15-17)28-16-23(19)10-13-25(14-11-23)12-9-22(26)27/h1-4,6,8,15,22,26-27H,5,7,9-14,16H2. The Morgan fingerprint density at radius 1 is 1.07 bits per heavy atom. The van der Waals surface area contributed by atoms with E-state index in [1.807, 2.05) is 12.1 Å². The van der Waals surface area contributed by atoms with Crippen LogP contribution in [0, 0.1) is 5.82 Å². The fourth-order valence-corrected chi connectivity index (χ4v) is 4.47. The van der Waals surface area contributed by atoms with Crippen molar-refractivity contribution in [3.8, 4) is 5.75 Å². The first kappa shape index (κ1) is 19.4. The molecule has 1 fully saturated rings. The second-order valence-corrected chi connectivity index (χ2v) is 8.10. The smallest absolute Gasteiger partial charge is 0.152 e. The first-order valence-electron chi connectivity index (χ1n) is 10.1. The number of aliphatic hydroxyl groups excluding tert-OH is 1. The summed E-state index contributed by atoms with van der Waals surface area (Å²) in [6.45, 7) is 3.33. The van der Waals surface area contributed by atoms with E-state index in [2.05, 4.69) is 23.1 Å². The van der Waals surface area contributed by atoms with Gasteiger partial charge in [-0.05, 0) is 62.0 Å². The number of fused-ring (bicyclic) bond motifs is 2. The van der Waals surface area contributed by atoms with Crippen LogP contribution in [-0.2, 0) is 18.3 Å². The summed E-state index contributed by atoms with van der Waals surface area (Å²) >= 11 is 0. The van der Waals surface area contributed by atoms with Crippen molar-refractivity contribution in [2.75, 3.05) is 26.2 Å². The van der Waals surface area contributed by atoms with Gasteiger partial charge in [-0.15, -0.1) is 0 Å². The lowest BCUT2D eigenvalue weighted by molar-refractivity contribution is -0.0520. The lowest BCUT2D eigenvalue weighted by Crippen LogP contribution is -2.44. The zero-order valence-electron chi connectivity index (χ0n) is 16.1. The van der Waals surface area contributed by atoms with Crippen molar-refractivity contribution in [3.05, 3.63) is 65.0 Å². The van der Waals surface area contributed by atoms with Crippen molar-refractivity contribution in [2.45, 2.75) is 43.8 Å². The molecule has 0 atom stereocenters. The Bertz CT molecular complexity index is 815. The van der Waals surface area contributed by atoms with Gasteiger partial charge >= 0.3 is 0 Å². The minimum atomic E-state index is -1.23. The molecule has 0 unspecified atom stereocenters. The highest BCUT2D eigenvalue weighted by Gasteiger charge is 2.42. The molecule has 1 saturated heterocycles. The predicted octanol–water partition coefficient (Wildman–Crippen LogP) is 3.04. The van der Waals surface area contributed by atoms with Crippen LogP contribution in [0.3, 0.4) is 0 Å². The Kier molecular flexibility index (Phi) is 5.67. The highest BCUT2D eigenvalue weighted by molar-refractivity contribution is 5.46. The van der Waals surface area contributed by atoms with E-state index in [-0.39, 0.29) is 11.2 Å². The topological polar surface area (TPSA) is 52.9 Å². The van der Waals surface area contributed by atoms with Gasteiger partial charge in [0.25, 0.3) is 0 Å². The Hall–Kier alpha value is -1.95. The number of hydrogen-bond acceptors (Lipinski definition) is 4. The Morgan fingerprint density at radius 2 is 1.86 bits per heavy atom. The van der Waals surface area contributed by atoms with E-state index in [4.69, 9.17) is 14.9 Å². The van der Waals surface area contributed by atoms with Gasteiger partial charge in [-0.3, -0.25) is 0 Å². The van der Waals surface area contributed by atoms with Crippen molar-refractivity contribution in [3.63, 3.8) is 0 Å². The summed E-state index contributed by atoms with van der Waals surface area (Å²) in [6, 6.07) is 13.4. The molecule has 2 aromatic carbocycles. The number of nitrogens with zero attached hydrogens (tertiary/aromatic N) is 1. The van der Waals surface area contributed by atoms with E-state index in [1.165, 1.54) is 17.2 Å². The van der Waals surface area contributed by atoms with Gasteiger partial charge in [0.15, 0.2) is 6.29 Å². The summed E-state index contributed by atoms with van der Waals surface area (Å²) in [5.41, 5.74) is 3.30. The van der Waals surface area contributed by atoms with Gasteiger partial charge in [0.05, 0.1) is 6.61 Å². The lowest BCUT2D eigenvalue weighted by Gasteiger charge is -2.38. The van der Waals surface area contributed by atoms with Gasteiger partial charge in [0.1, 0.15) is 11.6 Å². The number of ether oxygens (including phenoxy) is 1. The summed E-state index contributed by atoms with van der Waals surface area (Å²) in [7, 11) is 0. The number of aryl methyl sites for hydroxylation is 2. The molecule has 0 aromatic heterocycles. The van der Waals surface area contributed by atoms with Gasteiger partial charge in [-0.1, -0.05) is 30.3 Å². The summed E-state index contributed by atoms with van der Waals surface area (Å²) in [5, 5.41) is 18.1. The van der Waals surface area contributed by atoms with Crippen molar-refractivity contribution < 1.29 is 19.3 Å². The SMILES string of the molecule is OC(O)CCN1CCC2(CC1)COc1cc(CCc3ccccc3F)ccc12. The molecule has 0 bridgehead atoms. The van der Waals surface area contributed by atoms with Crippen LogP contribution in [0.15, 0.2) is 42.5 Å². The molecule has 2 heterocycles. The van der Waals surface area contributed by atoms with Crippen LogP contribution in [0.25, 0.3) is 0 Å². The third-order valence-corrected chi connectivity index (χ3v) is 6.28. The van der Waals surface area contributed by atoms with E-state index < -0.39 is 6.29 Å². The number of hydrogen-bond donors (Lipinski definition) is 2. The average Bonchev–Trinajstić information content (AvgIpc) is 3.04. The predicted molar refractivity (Wildman–Crippen MR) is 106 cm³/mol. The quantitative estimate of drug-likeness (QED) is 0.751. The number of benzene rings is 2. The number of rotatable bonds is 6. The van der Waals surface area contributed by atoms with Crippen LogP contribution in [0.1, 0.15) is 36.0 Å². The first-order chi connectivity index (χ1) is 13.6. The Labute approximate surface area is 165 Å². The maximum Gasteiger partial charge on any atom is 0.152 e. The first-order valence-corrected chi connectivity index (χ1v) is 10.1. The Balaban J connectivity index is 1.39. The molecule has 28 heavy (non-hydrogen) atoms. The van der Waals surface area contributed by atoms with Gasteiger partial charge < -0.3 is 19.8 Å². The number of aliphatic hydroxyl groups is 2. The fraction of sp³-hybridized carbons (Fsp3) is 0.478. The van der Waals surface area contributed by atoms with Crippen LogP contribution < -0.4 is 4.74 Å². The van der Waals surface area contributed by atoms with Crippen molar-refractivity contribution >= 4 is 0 Å². The van der Waals surface area contributed by atoms with E-state index in [0.717, 1.165) is 56.8 Å². The molecule has 4 rings (SSSR count). The van der Waals surface area contributed by atoms with Crippen LogP contribution >= 0.6 is 0 Å². The molecule has 4 nitrogen and oxygen atoms in total. The minimum Gasteiger partial charge on any atom is -0.492 e. The van der Waals surface area contributed by atoms with Crippen LogP contribution in [0.5, 0.6) is 5.75 Å². The van der Waals surface area contributed by atoms with E-state index in [0.29, 0.717) is 12.8 Å². The molecular formula is C23H28FNO3. The minimum absolute atomic E-state index is 0.0771. The second kappa shape index (κ2) is 8.19. The molecule has 0 amide bonds. The summed E-state index contributed by atoms with van der Waals surface area (Å²) in [4.78, 5) is 2.30. The molecule has 5 heteroatoms. The normalized spacial score (nSPS) is 18.4. The maximum absolute atomic E-state index is 13.8. The molecule has 2 aromatic rings. The van der Waals surface area contributed by atoms with Crippen LogP contribution in [0.4, 0.5) is 4.39 Å².